The van der Waals surface area contributed by atoms with E-state index < -0.39 is 24.2 Å². The quantitative estimate of drug-likeness (QED) is 0.825. The Kier molecular flexibility index (Phi) is 3.30. The van der Waals surface area contributed by atoms with Gasteiger partial charge in [-0.1, -0.05) is 17.7 Å². The van der Waals surface area contributed by atoms with E-state index >= 15 is 0 Å². The molecule has 0 radical (unpaired) electrons. The van der Waals surface area contributed by atoms with Crippen molar-refractivity contribution < 1.29 is 23.1 Å². The lowest BCUT2D eigenvalue weighted by molar-refractivity contribution is -0.174. The first-order valence-corrected chi connectivity index (χ1v) is 5.87. The monoisotopic (exact) mass is 273 g/mol. The number of hydrogen-bond acceptors (Lipinski definition) is 2. The number of hydrogen-bond donors (Lipinski definition) is 2. The zero-order valence-electron chi connectivity index (χ0n) is 10.5. The molecule has 0 saturated heterocycles. The molecule has 2 N–H and O–H groups in total. The summed E-state index contributed by atoms with van der Waals surface area (Å²) in [6.07, 6.45) is -5.68. The number of benzene rings is 1. The van der Waals surface area contributed by atoms with Crippen LogP contribution in [0.1, 0.15) is 40.8 Å². The van der Waals surface area contributed by atoms with E-state index in [9.17, 15) is 23.1 Å². The van der Waals surface area contributed by atoms with Crippen molar-refractivity contribution in [3.63, 3.8) is 0 Å². The zero-order chi connectivity index (χ0) is 14.4. The maximum atomic E-state index is 12.3. The number of fused-ring (bicyclic) bond motifs is 1. The van der Waals surface area contributed by atoms with Gasteiger partial charge in [-0.3, -0.25) is 4.79 Å². The fourth-order valence-corrected chi connectivity index (χ4v) is 2.60. The van der Waals surface area contributed by atoms with Crippen LogP contribution in [0.15, 0.2) is 12.1 Å². The smallest absolute Gasteiger partial charge is 0.388 e. The highest BCUT2D eigenvalue weighted by Crippen LogP contribution is 2.41. The van der Waals surface area contributed by atoms with E-state index in [0.29, 0.717) is 11.1 Å². The molecule has 0 unspecified atom stereocenters. The number of halogens is 3. The molecule has 104 valence electrons. The van der Waals surface area contributed by atoms with Crippen molar-refractivity contribution in [1.82, 2.24) is 5.32 Å². The van der Waals surface area contributed by atoms with Crippen molar-refractivity contribution in [3.05, 3.63) is 34.4 Å². The molecule has 6 heteroatoms. The zero-order valence-corrected chi connectivity index (χ0v) is 10.5. The summed E-state index contributed by atoms with van der Waals surface area (Å²) in [5.74, 6) is -1.97. The van der Waals surface area contributed by atoms with Crippen LogP contribution in [0.2, 0.25) is 0 Å². The molecule has 1 aliphatic carbocycles. The molecule has 3 nitrogen and oxygen atoms in total. The third-order valence-electron chi connectivity index (χ3n) is 3.29. The Balaban J connectivity index is 2.32. The van der Waals surface area contributed by atoms with Gasteiger partial charge in [0.25, 0.3) is 0 Å². The molecule has 0 aliphatic heterocycles. The van der Waals surface area contributed by atoms with Gasteiger partial charge in [-0.25, -0.2) is 0 Å². The van der Waals surface area contributed by atoms with Crippen LogP contribution in [0.3, 0.4) is 0 Å². The molecule has 1 aliphatic rings. The van der Waals surface area contributed by atoms with E-state index in [4.69, 9.17) is 0 Å². The molecule has 1 amide bonds. The number of nitrogens with one attached hydrogen (secondary N) is 1. The lowest BCUT2D eigenvalue weighted by atomic mass is 9.99. The van der Waals surface area contributed by atoms with E-state index in [1.54, 1.807) is 13.0 Å². The lowest BCUT2D eigenvalue weighted by Gasteiger charge is -2.17. The highest BCUT2D eigenvalue weighted by atomic mass is 19.4. The number of rotatable bonds is 1. The van der Waals surface area contributed by atoms with Gasteiger partial charge >= 0.3 is 12.1 Å². The SMILES string of the molecule is Cc1cc(C)c2c(c1)[C@H](O)C[C@H]2NC(=O)C(F)(F)F. The summed E-state index contributed by atoms with van der Waals surface area (Å²) in [6.45, 7) is 3.61. The summed E-state index contributed by atoms with van der Waals surface area (Å²) in [6, 6.07) is 2.77. The number of aliphatic hydroxyl groups is 1. The molecule has 0 aromatic heterocycles. The van der Waals surface area contributed by atoms with Crippen LogP contribution in [-0.4, -0.2) is 17.2 Å². The van der Waals surface area contributed by atoms with Crippen LogP contribution in [-0.2, 0) is 4.79 Å². The van der Waals surface area contributed by atoms with Gasteiger partial charge in [0.2, 0.25) is 0 Å². The van der Waals surface area contributed by atoms with E-state index in [1.807, 2.05) is 18.3 Å². The number of aryl methyl sites for hydroxylation is 2. The first-order valence-electron chi connectivity index (χ1n) is 5.87. The third kappa shape index (κ3) is 2.58. The first kappa shape index (κ1) is 13.9. The molecular formula is C13H14F3NO2. The molecule has 2 atom stereocenters. The second-order valence-corrected chi connectivity index (χ2v) is 4.86. The Morgan fingerprint density at radius 2 is 2.00 bits per heavy atom. The van der Waals surface area contributed by atoms with E-state index in [2.05, 4.69) is 0 Å². The van der Waals surface area contributed by atoms with Crippen molar-refractivity contribution in [3.8, 4) is 0 Å². The van der Waals surface area contributed by atoms with Crippen LogP contribution in [0.25, 0.3) is 0 Å². The highest BCUT2D eigenvalue weighted by Gasteiger charge is 2.42. The summed E-state index contributed by atoms with van der Waals surface area (Å²) in [5.41, 5.74) is 2.90. The van der Waals surface area contributed by atoms with Gasteiger partial charge in [-0.2, -0.15) is 13.2 Å². The lowest BCUT2D eigenvalue weighted by Crippen LogP contribution is -2.38. The molecule has 0 spiro atoms. The average molecular weight is 273 g/mol. The van der Waals surface area contributed by atoms with Gasteiger partial charge in [0, 0.05) is 6.42 Å². The molecule has 0 saturated carbocycles. The Morgan fingerprint density at radius 3 is 2.58 bits per heavy atom. The van der Waals surface area contributed by atoms with Gasteiger partial charge in [0.15, 0.2) is 0 Å². The maximum Gasteiger partial charge on any atom is 0.471 e. The number of carbonyl (C=O) groups excluding carboxylic acids is 1. The summed E-state index contributed by atoms with van der Waals surface area (Å²) < 4.78 is 36.8. The molecule has 19 heavy (non-hydrogen) atoms. The Labute approximate surface area is 108 Å². The second kappa shape index (κ2) is 4.52. The molecule has 0 heterocycles. The normalized spacial score (nSPS) is 22.2. The number of amides is 1. The Hall–Kier alpha value is -1.56. The predicted molar refractivity (Wildman–Crippen MR) is 62.4 cm³/mol. The topological polar surface area (TPSA) is 49.3 Å². The van der Waals surface area contributed by atoms with E-state index in [-0.39, 0.29) is 6.42 Å². The Bertz CT molecular complexity index is 525. The van der Waals surface area contributed by atoms with Gasteiger partial charge in [0.05, 0.1) is 12.1 Å². The third-order valence-corrected chi connectivity index (χ3v) is 3.29. The van der Waals surface area contributed by atoms with Crippen LogP contribution in [0.5, 0.6) is 0 Å². The van der Waals surface area contributed by atoms with Crippen LogP contribution in [0, 0.1) is 13.8 Å². The number of alkyl halides is 3. The van der Waals surface area contributed by atoms with Gasteiger partial charge < -0.3 is 10.4 Å². The van der Waals surface area contributed by atoms with Gasteiger partial charge in [0.1, 0.15) is 0 Å². The molecule has 1 aromatic rings. The standard InChI is InChI=1S/C13H14F3NO2/c1-6-3-7(2)11-8(4-6)10(18)5-9(11)17-12(19)13(14,15)16/h3-4,9-10,18H,5H2,1-2H3,(H,17,19)/t9-,10-/m1/s1. The molecule has 0 bridgehead atoms. The second-order valence-electron chi connectivity index (χ2n) is 4.86. The van der Waals surface area contributed by atoms with E-state index in [0.717, 1.165) is 11.1 Å². The van der Waals surface area contributed by atoms with Gasteiger partial charge in [-0.05, 0) is 30.5 Å². The number of aliphatic hydroxyl groups excluding tert-OH is 1. The fourth-order valence-electron chi connectivity index (χ4n) is 2.60. The Morgan fingerprint density at radius 1 is 1.37 bits per heavy atom. The summed E-state index contributed by atoms with van der Waals surface area (Å²) in [7, 11) is 0. The molecular weight excluding hydrogens is 259 g/mol. The summed E-state index contributed by atoms with van der Waals surface area (Å²) in [4.78, 5) is 11.0. The van der Waals surface area contributed by atoms with Crippen molar-refractivity contribution in [2.24, 2.45) is 0 Å². The van der Waals surface area contributed by atoms with Crippen molar-refractivity contribution >= 4 is 5.91 Å². The van der Waals surface area contributed by atoms with Crippen molar-refractivity contribution in [2.75, 3.05) is 0 Å². The fraction of sp³-hybridized carbons (Fsp3) is 0.462. The van der Waals surface area contributed by atoms with Crippen LogP contribution >= 0.6 is 0 Å². The largest absolute Gasteiger partial charge is 0.471 e. The van der Waals surface area contributed by atoms with Crippen molar-refractivity contribution in [1.29, 1.82) is 0 Å². The molecule has 1 aromatic carbocycles. The molecule has 2 rings (SSSR count). The summed E-state index contributed by atoms with van der Waals surface area (Å²) in [5, 5.41) is 11.8. The minimum atomic E-state index is -4.91. The molecule has 0 fully saturated rings. The average Bonchev–Trinajstić information content (AvgIpc) is 2.54. The minimum Gasteiger partial charge on any atom is -0.388 e. The predicted octanol–water partition coefficient (Wildman–Crippen LogP) is 2.46. The van der Waals surface area contributed by atoms with E-state index in [1.165, 1.54) is 0 Å². The van der Waals surface area contributed by atoms with Crippen LogP contribution in [0.4, 0.5) is 13.2 Å². The van der Waals surface area contributed by atoms with Crippen molar-refractivity contribution in [2.45, 2.75) is 38.6 Å². The summed E-state index contributed by atoms with van der Waals surface area (Å²) >= 11 is 0. The minimum absolute atomic E-state index is 0.0709. The van der Waals surface area contributed by atoms with Crippen LogP contribution < -0.4 is 5.32 Å². The number of carbonyl (C=O) groups is 1. The maximum absolute atomic E-state index is 12.3. The highest BCUT2D eigenvalue weighted by molar-refractivity contribution is 5.82. The van der Waals surface area contributed by atoms with Gasteiger partial charge in [-0.15, -0.1) is 0 Å². The first-order chi connectivity index (χ1) is 8.70.